The summed E-state index contributed by atoms with van der Waals surface area (Å²) < 4.78 is 7.34. The Hall–Kier alpha value is -2.37. The molecule has 1 fully saturated rings. The molecule has 0 bridgehead atoms. The standard InChI is InChI=1S/C19H26N4O2/c1-14(2)23-13-20-21-18(23)10-15-6-5-9-22(12-15)19(24)16-7-4-8-17(11-16)25-3/h4,7-8,11,13-15H,5-6,9-10,12H2,1-3H3. The van der Waals surface area contributed by atoms with E-state index in [-0.39, 0.29) is 5.91 Å². The van der Waals surface area contributed by atoms with E-state index in [4.69, 9.17) is 4.74 Å². The van der Waals surface area contributed by atoms with Gasteiger partial charge in [-0.1, -0.05) is 6.07 Å². The van der Waals surface area contributed by atoms with Crippen molar-refractivity contribution in [3.8, 4) is 5.75 Å². The maximum atomic E-state index is 12.8. The van der Waals surface area contributed by atoms with Crippen molar-refractivity contribution >= 4 is 5.91 Å². The molecule has 1 atom stereocenters. The molecule has 3 rings (SSSR count). The zero-order valence-corrected chi connectivity index (χ0v) is 15.2. The molecule has 25 heavy (non-hydrogen) atoms. The van der Waals surface area contributed by atoms with E-state index < -0.39 is 0 Å². The van der Waals surface area contributed by atoms with E-state index in [1.54, 1.807) is 19.5 Å². The fraction of sp³-hybridized carbons (Fsp3) is 0.526. The number of aromatic nitrogens is 3. The molecule has 1 amide bonds. The minimum absolute atomic E-state index is 0.0777. The first-order valence-corrected chi connectivity index (χ1v) is 8.90. The monoisotopic (exact) mass is 342 g/mol. The molecule has 0 radical (unpaired) electrons. The van der Waals surface area contributed by atoms with Gasteiger partial charge in [0.15, 0.2) is 0 Å². The quantitative estimate of drug-likeness (QED) is 0.838. The molecule has 1 saturated heterocycles. The Morgan fingerprint density at radius 1 is 1.40 bits per heavy atom. The molecular formula is C19H26N4O2. The van der Waals surface area contributed by atoms with Gasteiger partial charge in [0.2, 0.25) is 0 Å². The number of ether oxygens (including phenoxy) is 1. The Labute approximate surface area is 148 Å². The maximum absolute atomic E-state index is 12.8. The summed E-state index contributed by atoms with van der Waals surface area (Å²) in [5.41, 5.74) is 0.686. The van der Waals surface area contributed by atoms with Crippen molar-refractivity contribution < 1.29 is 9.53 Å². The van der Waals surface area contributed by atoms with Crippen LogP contribution in [0.1, 0.15) is 48.9 Å². The summed E-state index contributed by atoms with van der Waals surface area (Å²) in [6, 6.07) is 7.72. The largest absolute Gasteiger partial charge is 0.497 e. The van der Waals surface area contributed by atoms with Gasteiger partial charge in [-0.05, 0) is 50.8 Å². The number of nitrogens with zero attached hydrogens (tertiary/aromatic N) is 4. The number of methoxy groups -OCH3 is 1. The van der Waals surface area contributed by atoms with Crippen molar-refractivity contribution in [1.29, 1.82) is 0 Å². The molecule has 1 aliphatic rings. The first kappa shape index (κ1) is 17.5. The molecule has 0 N–H and O–H groups in total. The van der Waals surface area contributed by atoms with E-state index in [9.17, 15) is 4.79 Å². The zero-order valence-electron chi connectivity index (χ0n) is 15.2. The zero-order chi connectivity index (χ0) is 17.8. The number of hydrogen-bond donors (Lipinski definition) is 0. The SMILES string of the molecule is COc1cccc(C(=O)N2CCCC(Cc3nncn3C(C)C)C2)c1. The van der Waals surface area contributed by atoms with Gasteiger partial charge in [0, 0.05) is 31.1 Å². The minimum atomic E-state index is 0.0777. The average Bonchev–Trinajstić information content (AvgIpc) is 3.10. The van der Waals surface area contributed by atoms with Gasteiger partial charge in [-0.15, -0.1) is 10.2 Å². The van der Waals surface area contributed by atoms with Gasteiger partial charge < -0.3 is 14.2 Å². The lowest BCUT2D eigenvalue weighted by molar-refractivity contribution is 0.0671. The molecule has 2 heterocycles. The van der Waals surface area contributed by atoms with E-state index >= 15 is 0 Å². The molecule has 1 unspecified atom stereocenters. The Bertz CT molecular complexity index is 726. The van der Waals surface area contributed by atoms with E-state index in [2.05, 4.69) is 28.6 Å². The Kier molecular flexibility index (Phi) is 5.36. The fourth-order valence-electron chi connectivity index (χ4n) is 3.46. The lowest BCUT2D eigenvalue weighted by atomic mass is 9.94. The molecule has 6 heteroatoms. The third-order valence-electron chi connectivity index (χ3n) is 4.80. The number of amides is 1. The van der Waals surface area contributed by atoms with Crippen molar-refractivity contribution in [3.63, 3.8) is 0 Å². The second-order valence-corrected chi connectivity index (χ2v) is 6.94. The van der Waals surface area contributed by atoms with Crippen molar-refractivity contribution in [1.82, 2.24) is 19.7 Å². The predicted octanol–water partition coefficient (Wildman–Crippen LogP) is 2.96. The van der Waals surface area contributed by atoms with E-state index in [0.29, 0.717) is 23.3 Å². The van der Waals surface area contributed by atoms with Crippen LogP contribution in [0.4, 0.5) is 0 Å². The normalized spacial score (nSPS) is 17.8. The molecule has 0 saturated carbocycles. The van der Waals surface area contributed by atoms with Crippen LogP contribution >= 0.6 is 0 Å². The number of piperidine rings is 1. The fourth-order valence-corrected chi connectivity index (χ4v) is 3.46. The summed E-state index contributed by atoms with van der Waals surface area (Å²) in [6.07, 6.45) is 4.80. The number of likely N-dealkylation sites (tertiary alicyclic amines) is 1. The Morgan fingerprint density at radius 3 is 3.00 bits per heavy atom. The highest BCUT2D eigenvalue weighted by Gasteiger charge is 2.26. The summed E-state index contributed by atoms with van der Waals surface area (Å²) in [5, 5.41) is 8.32. The van der Waals surface area contributed by atoms with Crippen LogP contribution in [-0.4, -0.2) is 45.8 Å². The van der Waals surface area contributed by atoms with Gasteiger partial charge >= 0.3 is 0 Å². The van der Waals surface area contributed by atoms with Crippen LogP contribution in [0.3, 0.4) is 0 Å². The topological polar surface area (TPSA) is 60.2 Å². The van der Waals surface area contributed by atoms with Crippen LogP contribution in [0.25, 0.3) is 0 Å². The molecule has 6 nitrogen and oxygen atoms in total. The first-order valence-electron chi connectivity index (χ1n) is 8.90. The van der Waals surface area contributed by atoms with Crippen LogP contribution in [0.2, 0.25) is 0 Å². The summed E-state index contributed by atoms with van der Waals surface area (Å²) in [4.78, 5) is 14.8. The first-order chi connectivity index (χ1) is 12.1. The molecular weight excluding hydrogens is 316 g/mol. The smallest absolute Gasteiger partial charge is 0.253 e. The van der Waals surface area contributed by atoms with Crippen LogP contribution in [-0.2, 0) is 6.42 Å². The van der Waals surface area contributed by atoms with Crippen LogP contribution in [0.15, 0.2) is 30.6 Å². The van der Waals surface area contributed by atoms with Crippen LogP contribution in [0.5, 0.6) is 5.75 Å². The molecule has 2 aromatic rings. The summed E-state index contributed by atoms with van der Waals surface area (Å²) in [6.45, 7) is 5.84. The van der Waals surface area contributed by atoms with Crippen LogP contribution < -0.4 is 4.74 Å². The second kappa shape index (κ2) is 7.68. The molecule has 1 aliphatic heterocycles. The molecule has 0 spiro atoms. The third-order valence-corrected chi connectivity index (χ3v) is 4.80. The highest BCUT2D eigenvalue weighted by atomic mass is 16.5. The van der Waals surface area contributed by atoms with Crippen molar-refractivity contribution in [2.24, 2.45) is 5.92 Å². The summed E-state index contributed by atoms with van der Waals surface area (Å²) in [5.74, 6) is 2.22. The highest BCUT2D eigenvalue weighted by Crippen LogP contribution is 2.23. The van der Waals surface area contributed by atoms with Gasteiger partial charge in [0.25, 0.3) is 5.91 Å². The van der Waals surface area contributed by atoms with E-state index in [1.165, 1.54) is 0 Å². The molecule has 0 aliphatic carbocycles. The summed E-state index contributed by atoms with van der Waals surface area (Å²) >= 11 is 0. The lowest BCUT2D eigenvalue weighted by Gasteiger charge is -2.33. The maximum Gasteiger partial charge on any atom is 0.253 e. The molecule has 1 aromatic carbocycles. The average molecular weight is 342 g/mol. The number of carbonyl (C=O) groups excluding carboxylic acids is 1. The molecule has 134 valence electrons. The number of hydrogen-bond acceptors (Lipinski definition) is 4. The van der Waals surface area contributed by atoms with Gasteiger partial charge in [-0.3, -0.25) is 4.79 Å². The van der Waals surface area contributed by atoms with E-state index in [0.717, 1.165) is 38.2 Å². The number of benzene rings is 1. The number of rotatable bonds is 5. The predicted molar refractivity (Wildman–Crippen MR) is 95.7 cm³/mol. The van der Waals surface area contributed by atoms with Gasteiger partial charge in [0.05, 0.1) is 7.11 Å². The number of carbonyl (C=O) groups is 1. The minimum Gasteiger partial charge on any atom is -0.497 e. The van der Waals surface area contributed by atoms with Crippen molar-refractivity contribution in [3.05, 3.63) is 42.0 Å². The van der Waals surface area contributed by atoms with Gasteiger partial charge in [-0.25, -0.2) is 0 Å². The second-order valence-electron chi connectivity index (χ2n) is 6.94. The van der Waals surface area contributed by atoms with Crippen LogP contribution in [0, 0.1) is 5.92 Å². The molecule has 1 aromatic heterocycles. The van der Waals surface area contributed by atoms with E-state index in [1.807, 2.05) is 23.1 Å². The van der Waals surface area contributed by atoms with Gasteiger partial charge in [-0.2, -0.15) is 0 Å². The lowest BCUT2D eigenvalue weighted by Crippen LogP contribution is -2.40. The Balaban J connectivity index is 1.68. The highest BCUT2D eigenvalue weighted by molar-refractivity contribution is 5.94. The van der Waals surface area contributed by atoms with Crippen molar-refractivity contribution in [2.45, 2.75) is 39.2 Å². The third kappa shape index (κ3) is 4.00. The van der Waals surface area contributed by atoms with Crippen molar-refractivity contribution in [2.75, 3.05) is 20.2 Å². The van der Waals surface area contributed by atoms with Gasteiger partial charge in [0.1, 0.15) is 17.9 Å². The summed E-state index contributed by atoms with van der Waals surface area (Å²) in [7, 11) is 1.62. The Morgan fingerprint density at radius 2 is 2.24 bits per heavy atom.